The largest absolute Gasteiger partial charge is 0.478 e. The number of nitrogens with zero attached hydrogens (tertiary/aromatic N) is 10. The first-order valence-electron chi connectivity index (χ1n) is 23.0. The van der Waals surface area contributed by atoms with Crippen molar-refractivity contribution in [3.05, 3.63) is 143 Å². The zero-order valence-corrected chi connectivity index (χ0v) is 37.6. The molecular weight excluding hydrogens is 890 g/mol. The SMILES string of the molecule is CN1C(=O)c2c(nn(Cc3ccc(C(=O)O)cc3)c2Nc2ccccc2)N2C1=N[C@@H]1CCC[C@@H]12.CN1C(=O)c2c(nn(Cc3ccc(C(F)(F)F)cc3)c2Nc2ccccc2)N2C1=N[C@@H]1CCC[C@@H]12. The number of halogens is 3. The summed E-state index contributed by atoms with van der Waals surface area (Å²) in [6, 6.07) is 31.5. The topological polar surface area (TPSA) is 169 Å². The van der Waals surface area contributed by atoms with Crippen LogP contribution in [0.15, 0.2) is 119 Å². The van der Waals surface area contributed by atoms with Gasteiger partial charge in [0, 0.05) is 25.5 Å². The van der Waals surface area contributed by atoms with Crippen molar-refractivity contribution in [2.24, 2.45) is 9.98 Å². The molecule has 0 unspecified atom stereocenters. The van der Waals surface area contributed by atoms with Crippen molar-refractivity contribution in [3.8, 4) is 0 Å². The molecule has 2 aromatic heterocycles. The summed E-state index contributed by atoms with van der Waals surface area (Å²) < 4.78 is 42.6. The van der Waals surface area contributed by atoms with Crippen LogP contribution in [-0.4, -0.2) is 102 Å². The molecule has 2 aliphatic carbocycles. The highest BCUT2D eigenvalue weighted by Gasteiger charge is 2.51. The van der Waals surface area contributed by atoms with Crippen LogP contribution in [0.2, 0.25) is 0 Å². The number of amides is 2. The van der Waals surface area contributed by atoms with Gasteiger partial charge >= 0.3 is 12.1 Å². The maximum absolute atomic E-state index is 13.5. The third-order valence-electron chi connectivity index (χ3n) is 13.7. The van der Waals surface area contributed by atoms with Crippen LogP contribution in [0.25, 0.3) is 0 Å². The Morgan fingerprint density at radius 3 is 1.45 bits per heavy atom. The lowest BCUT2D eigenvalue weighted by Crippen LogP contribution is -2.51. The average molecular weight is 937 g/mol. The monoisotopic (exact) mass is 936 g/mol. The maximum Gasteiger partial charge on any atom is 0.416 e. The number of aromatic carboxylic acids is 1. The van der Waals surface area contributed by atoms with E-state index in [9.17, 15) is 32.7 Å². The quantitative estimate of drug-likeness (QED) is 0.128. The van der Waals surface area contributed by atoms with Crippen LogP contribution in [0.4, 0.5) is 47.8 Å². The molecule has 0 spiro atoms. The second kappa shape index (κ2) is 17.0. The molecule has 0 radical (unpaired) electrons. The molecule has 2 saturated carbocycles. The van der Waals surface area contributed by atoms with E-state index in [1.54, 1.807) is 57.5 Å². The van der Waals surface area contributed by atoms with Gasteiger partial charge in [0.15, 0.2) is 11.6 Å². The Morgan fingerprint density at radius 1 is 0.623 bits per heavy atom. The number of aliphatic imine (C=N–C) groups is 2. The summed E-state index contributed by atoms with van der Waals surface area (Å²) in [7, 11) is 3.49. The summed E-state index contributed by atoms with van der Waals surface area (Å²) in [4.78, 5) is 55.4. The molecule has 3 N–H and O–H groups in total. The van der Waals surface area contributed by atoms with E-state index in [-0.39, 0.29) is 48.1 Å². The number of aromatic nitrogens is 4. The number of guanidine groups is 2. The number of carboxylic acid groups (broad SMARTS) is 1. The van der Waals surface area contributed by atoms with E-state index in [0.717, 1.165) is 67.6 Å². The molecule has 4 atom stereocenters. The van der Waals surface area contributed by atoms with Gasteiger partial charge in [-0.3, -0.25) is 29.2 Å². The van der Waals surface area contributed by atoms with Gasteiger partial charge in [0.2, 0.25) is 11.9 Å². The van der Waals surface area contributed by atoms with Crippen LogP contribution in [0.5, 0.6) is 0 Å². The highest BCUT2D eigenvalue weighted by molar-refractivity contribution is 6.22. The molecule has 69 heavy (non-hydrogen) atoms. The first-order valence-corrected chi connectivity index (χ1v) is 23.0. The van der Waals surface area contributed by atoms with Gasteiger partial charge < -0.3 is 15.7 Å². The minimum absolute atomic E-state index is 0.136. The number of para-hydroxylation sites is 2. The van der Waals surface area contributed by atoms with Crippen LogP contribution in [-0.2, 0) is 19.3 Å². The van der Waals surface area contributed by atoms with Crippen molar-refractivity contribution < 1.29 is 32.7 Å². The predicted molar refractivity (Wildman–Crippen MR) is 254 cm³/mol. The third kappa shape index (κ3) is 7.70. The van der Waals surface area contributed by atoms with Gasteiger partial charge in [-0.15, -0.1) is 0 Å². The van der Waals surface area contributed by atoms with Gasteiger partial charge in [-0.1, -0.05) is 60.7 Å². The number of anilines is 6. The van der Waals surface area contributed by atoms with E-state index >= 15 is 0 Å². The molecule has 0 saturated heterocycles. The predicted octanol–water partition coefficient (Wildman–Crippen LogP) is 8.43. The normalized spacial score (nSPS) is 20.8. The standard InChI is InChI=1S/C25H23F3N6O.C25H24N6O3/c1-32-23(35)20-21(29-17-6-3-2-4-7-17)33(14-15-10-12-16(13-11-15)25(26,27)28)31-22(20)34-19-9-5-8-18(19)30-24(32)34;1-29-23(32)20-21(26-17-6-3-2-4-7-17)30(14-15-10-12-16(13-11-15)24(33)34)28-22(20)31-19-9-5-8-18(19)27-25(29)31/h2-4,6-7,10-13,18-19,29H,5,8-9,14H2,1H3;2-4,6-7,10-13,18-19,26H,5,8-9,14H2,1H3,(H,33,34)/t2*18-,19+/m11/s1. The van der Waals surface area contributed by atoms with Crippen molar-refractivity contribution >= 4 is 64.3 Å². The molecule has 12 rings (SSSR count). The Balaban J connectivity index is 0.000000151. The second-order valence-corrected chi connectivity index (χ2v) is 18.0. The van der Waals surface area contributed by atoms with Gasteiger partial charge in [0.05, 0.1) is 48.4 Å². The Bertz CT molecular complexity index is 3040. The summed E-state index contributed by atoms with van der Waals surface area (Å²) in [6.45, 7) is 0.583. The van der Waals surface area contributed by atoms with Crippen LogP contribution < -0.4 is 20.4 Å². The van der Waals surface area contributed by atoms with E-state index in [1.165, 1.54) is 12.1 Å². The van der Waals surface area contributed by atoms with Crippen LogP contribution in [0.3, 0.4) is 0 Å². The van der Waals surface area contributed by atoms with E-state index in [2.05, 4.69) is 20.4 Å². The van der Waals surface area contributed by atoms with Gasteiger partial charge in [0.1, 0.15) is 22.8 Å². The summed E-state index contributed by atoms with van der Waals surface area (Å²) in [6.07, 6.45) is 1.76. The molecule has 2 amide bonds. The number of carbonyl (C=O) groups excluding carboxylic acids is 2. The van der Waals surface area contributed by atoms with E-state index in [1.807, 2.05) is 60.7 Å². The number of fused-ring (bicyclic) bond motifs is 10. The Labute approximate surface area is 394 Å². The lowest BCUT2D eigenvalue weighted by atomic mass is 10.1. The van der Waals surface area contributed by atoms with Crippen LogP contribution >= 0.6 is 0 Å². The molecule has 2 fully saturated rings. The fourth-order valence-electron chi connectivity index (χ4n) is 10.3. The van der Waals surface area contributed by atoms with Gasteiger partial charge in [-0.25, -0.2) is 24.1 Å². The Kier molecular flexibility index (Phi) is 10.7. The molecule has 6 aromatic rings. The zero-order valence-electron chi connectivity index (χ0n) is 37.6. The number of rotatable bonds is 9. The van der Waals surface area contributed by atoms with Crippen molar-refractivity contribution in [1.82, 2.24) is 29.4 Å². The minimum Gasteiger partial charge on any atom is -0.478 e. The van der Waals surface area contributed by atoms with E-state index in [0.29, 0.717) is 58.4 Å². The number of benzene rings is 4. The van der Waals surface area contributed by atoms with E-state index < -0.39 is 17.7 Å². The molecule has 4 aliphatic heterocycles. The molecule has 19 heteroatoms. The van der Waals surface area contributed by atoms with Gasteiger partial charge in [-0.05, 0) is 98.2 Å². The second-order valence-electron chi connectivity index (χ2n) is 18.0. The number of hydrogen-bond acceptors (Lipinski definition) is 11. The molecule has 352 valence electrons. The highest BCUT2D eigenvalue weighted by Crippen LogP contribution is 2.45. The number of carboxylic acids is 1. The van der Waals surface area contributed by atoms with Gasteiger partial charge in [-0.2, -0.15) is 23.4 Å². The zero-order chi connectivity index (χ0) is 47.7. The lowest BCUT2D eigenvalue weighted by molar-refractivity contribution is -0.137. The van der Waals surface area contributed by atoms with Crippen molar-refractivity contribution in [2.45, 2.75) is 82.0 Å². The third-order valence-corrected chi connectivity index (χ3v) is 13.7. The fraction of sp³-hybridized carbons (Fsp3) is 0.300. The maximum atomic E-state index is 13.5. The number of carbonyl (C=O) groups is 3. The fourth-order valence-corrected chi connectivity index (χ4v) is 10.3. The smallest absolute Gasteiger partial charge is 0.416 e. The first kappa shape index (κ1) is 43.6. The molecule has 0 bridgehead atoms. The summed E-state index contributed by atoms with van der Waals surface area (Å²) in [5.74, 6) is 2.26. The van der Waals surface area contributed by atoms with Crippen molar-refractivity contribution in [2.75, 3.05) is 34.5 Å². The van der Waals surface area contributed by atoms with Crippen molar-refractivity contribution in [3.63, 3.8) is 0 Å². The lowest BCUT2D eigenvalue weighted by Gasteiger charge is -2.34. The minimum atomic E-state index is -4.40. The number of nitrogens with one attached hydrogen (secondary N) is 2. The number of alkyl halides is 3. The summed E-state index contributed by atoms with van der Waals surface area (Å²) in [5, 5.41) is 25.7. The summed E-state index contributed by atoms with van der Waals surface area (Å²) in [5.41, 5.74) is 3.65. The van der Waals surface area contributed by atoms with E-state index in [4.69, 9.17) is 20.2 Å². The molecule has 6 aliphatic rings. The molecular formula is C50H47F3N12O4. The summed E-state index contributed by atoms with van der Waals surface area (Å²) >= 11 is 0. The van der Waals surface area contributed by atoms with Crippen molar-refractivity contribution in [1.29, 1.82) is 0 Å². The molecule has 6 heterocycles. The Morgan fingerprint density at radius 2 is 1.04 bits per heavy atom. The van der Waals surface area contributed by atoms with Crippen LogP contribution in [0, 0.1) is 0 Å². The number of hydrogen-bond donors (Lipinski definition) is 3. The van der Waals surface area contributed by atoms with Gasteiger partial charge in [0.25, 0.3) is 11.8 Å². The average Bonchev–Trinajstić information content (AvgIpc) is 4.21. The Hall–Kier alpha value is -7.96. The highest BCUT2D eigenvalue weighted by atomic mass is 19.4. The van der Waals surface area contributed by atoms with Crippen LogP contribution in [0.1, 0.15) is 86.3 Å². The molecule has 16 nitrogen and oxygen atoms in total. The molecule has 4 aromatic carbocycles. The first-order chi connectivity index (χ1) is 33.3.